The van der Waals surface area contributed by atoms with Crippen molar-refractivity contribution in [2.24, 2.45) is 0 Å². The molecule has 0 amide bonds. The van der Waals surface area contributed by atoms with Crippen molar-refractivity contribution in [3.8, 4) is 10.6 Å². The van der Waals surface area contributed by atoms with Crippen LogP contribution in [0.2, 0.25) is 5.02 Å². The van der Waals surface area contributed by atoms with E-state index in [1.807, 2.05) is 6.92 Å². The molecule has 4 rings (SSSR count). The Morgan fingerprint density at radius 3 is 2.68 bits per heavy atom. The number of aliphatic carboxylic acids is 1. The number of nitrogens with zero attached hydrogens (tertiary/aromatic N) is 2. The van der Waals surface area contributed by atoms with Crippen molar-refractivity contribution in [3.63, 3.8) is 0 Å². The van der Waals surface area contributed by atoms with Crippen LogP contribution in [0.3, 0.4) is 0 Å². The summed E-state index contributed by atoms with van der Waals surface area (Å²) >= 11 is 7.01. The van der Waals surface area contributed by atoms with E-state index in [4.69, 9.17) is 11.6 Å². The molecule has 0 radical (unpaired) electrons. The summed E-state index contributed by atoms with van der Waals surface area (Å²) in [4.78, 5) is 15.5. The number of carbonyl (C=O) groups is 1. The van der Waals surface area contributed by atoms with Crippen LogP contribution < -0.4 is 0 Å². The maximum atomic E-state index is 14.2. The molecule has 0 aliphatic rings. The fraction of sp³-hybridized carbons (Fsp3) is 0.158. The first-order valence-corrected chi connectivity index (χ1v) is 9.48. The van der Waals surface area contributed by atoms with Gasteiger partial charge in [0.25, 0.3) is 0 Å². The van der Waals surface area contributed by atoms with E-state index in [1.165, 1.54) is 0 Å². The second-order valence-electron chi connectivity index (χ2n) is 6.17. The van der Waals surface area contributed by atoms with Crippen LogP contribution in [0, 0.1) is 17.5 Å². The summed E-state index contributed by atoms with van der Waals surface area (Å²) in [6, 6.07) is 5.48. The summed E-state index contributed by atoms with van der Waals surface area (Å²) in [5.41, 5.74) is 1.41. The van der Waals surface area contributed by atoms with Gasteiger partial charge in [0.1, 0.15) is 22.9 Å². The average molecular weight is 425 g/mol. The minimum Gasteiger partial charge on any atom is -0.480 e. The van der Waals surface area contributed by atoms with E-state index in [9.17, 15) is 23.1 Å². The number of carboxylic acid groups (broad SMARTS) is 1. The summed E-state index contributed by atoms with van der Waals surface area (Å²) in [6.45, 7) is 1.55. The third-order valence-corrected chi connectivity index (χ3v) is 5.81. The number of rotatable bonds is 4. The maximum absolute atomic E-state index is 14.2. The highest BCUT2D eigenvalue weighted by Crippen LogP contribution is 2.41. The molecule has 2 aromatic carbocycles. The van der Waals surface area contributed by atoms with E-state index in [1.54, 1.807) is 22.8 Å². The van der Waals surface area contributed by atoms with E-state index in [-0.39, 0.29) is 21.8 Å². The largest absolute Gasteiger partial charge is 0.480 e. The van der Waals surface area contributed by atoms with Crippen molar-refractivity contribution in [1.29, 1.82) is 0 Å². The molecule has 0 fully saturated rings. The minimum atomic E-state index is -1.31. The first-order valence-electron chi connectivity index (χ1n) is 8.28. The number of hydrogen-bond donors (Lipinski definition) is 1. The number of benzene rings is 2. The topological polar surface area (TPSA) is 55.1 Å². The molecule has 0 spiro atoms. The Morgan fingerprint density at radius 1 is 1.25 bits per heavy atom. The highest BCUT2D eigenvalue weighted by Gasteiger charge is 2.24. The summed E-state index contributed by atoms with van der Waals surface area (Å²) in [6.07, 6.45) is 0.449. The van der Waals surface area contributed by atoms with Crippen LogP contribution in [0.25, 0.3) is 31.7 Å². The Kier molecular flexibility index (Phi) is 4.55. The van der Waals surface area contributed by atoms with Crippen LogP contribution in [0.4, 0.5) is 13.2 Å². The Labute approximate surface area is 165 Å². The van der Waals surface area contributed by atoms with E-state index in [0.717, 1.165) is 11.3 Å². The molecule has 0 atom stereocenters. The zero-order valence-corrected chi connectivity index (χ0v) is 16.0. The molecule has 2 heterocycles. The molecule has 0 aliphatic carbocycles. The number of halogens is 4. The summed E-state index contributed by atoms with van der Waals surface area (Å²) in [5, 5.41) is 10.6. The molecule has 2 aromatic heterocycles. The Bertz CT molecular complexity index is 1270. The second-order valence-corrected chi connectivity index (χ2v) is 7.60. The van der Waals surface area contributed by atoms with E-state index >= 15 is 0 Å². The lowest BCUT2D eigenvalue weighted by Gasteiger charge is -2.07. The molecular weight excluding hydrogens is 413 g/mol. The average Bonchev–Trinajstić information content (AvgIpc) is 3.19. The lowest BCUT2D eigenvalue weighted by Crippen LogP contribution is -2.11. The van der Waals surface area contributed by atoms with Crippen LogP contribution in [-0.4, -0.2) is 20.6 Å². The van der Waals surface area contributed by atoms with Crippen LogP contribution in [0.1, 0.15) is 12.6 Å². The third kappa shape index (κ3) is 2.84. The van der Waals surface area contributed by atoms with Gasteiger partial charge in [0.05, 0.1) is 4.70 Å². The molecule has 0 saturated carbocycles. The molecule has 0 aliphatic heterocycles. The highest BCUT2D eigenvalue weighted by atomic mass is 35.5. The maximum Gasteiger partial charge on any atom is 0.323 e. The molecular formula is C19H12ClF3N2O2S. The number of aromatic nitrogens is 2. The van der Waals surface area contributed by atoms with Gasteiger partial charge in [-0.05, 0) is 24.6 Å². The Balaban J connectivity index is 2.10. The molecule has 28 heavy (non-hydrogen) atoms. The van der Waals surface area contributed by atoms with E-state index < -0.39 is 23.4 Å². The van der Waals surface area contributed by atoms with Gasteiger partial charge in [0.15, 0.2) is 11.6 Å². The van der Waals surface area contributed by atoms with Gasteiger partial charge in [-0.15, -0.1) is 11.3 Å². The normalized spacial score (nSPS) is 11.6. The molecule has 9 heteroatoms. The SMILES string of the molecule is CCc1c(-c2nc3c(F)c(F)cc(F)c3s2)c2cc(Cl)ccc2n1CC(=O)O. The molecule has 0 unspecified atom stereocenters. The van der Waals surface area contributed by atoms with Crippen molar-refractivity contribution >= 4 is 50.0 Å². The first kappa shape index (κ1) is 18.8. The van der Waals surface area contributed by atoms with Crippen LogP contribution in [0.5, 0.6) is 0 Å². The van der Waals surface area contributed by atoms with Crippen molar-refractivity contribution in [3.05, 3.63) is 52.4 Å². The minimum absolute atomic E-state index is 0.0999. The number of carboxylic acids is 1. The zero-order valence-electron chi connectivity index (χ0n) is 14.4. The van der Waals surface area contributed by atoms with Crippen LogP contribution in [0.15, 0.2) is 24.3 Å². The number of fused-ring (bicyclic) bond motifs is 2. The number of thiazole rings is 1. The smallest absolute Gasteiger partial charge is 0.323 e. The van der Waals surface area contributed by atoms with Crippen molar-refractivity contribution in [2.75, 3.05) is 0 Å². The monoisotopic (exact) mass is 424 g/mol. The predicted octanol–water partition coefficient (Wildman–Crippen LogP) is 5.64. The van der Waals surface area contributed by atoms with Gasteiger partial charge in [-0.2, -0.15) is 0 Å². The Morgan fingerprint density at radius 2 is 2.00 bits per heavy atom. The van der Waals surface area contributed by atoms with E-state index in [2.05, 4.69) is 4.98 Å². The molecule has 144 valence electrons. The fourth-order valence-corrected chi connectivity index (χ4v) is 4.61. The molecule has 4 aromatic rings. The summed E-state index contributed by atoms with van der Waals surface area (Å²) < 4.78 is 43.4. The summed E-state index contributed by atoms with van der Waals surface area (Å²) in [7, 11) is 0. The third-order valence-electron chi connectivity index (χ3n) is 4.49. The van der Waals surface area contributed by atoms with Gasteiger partial charge < -0.3 is 9.67 Å². The molecule has 1 N–H and O–H groups in total. The molecule has 0 saturated heterocycles. The zero-order chi connectivity index (χ0) is 20.2. The molecule has 4 nitrogen and oxygen atoms in total. The van der Waals surface area contributed by atoms with E-state index in [0.29, 0.717) is 39.7 Å². The second kappa shape index (κ2) is 6.79. The van der Waals surface area contributed by atoms with Crippen molar-refractivity contribution in [2.45, 2.75) is 19.9 Å². The lowest BCUT2D eigenvalue weighted by atomic mass is 10.1. The van der Waals surface area contributed by atoms with Crippen molar-refractivity contribution in [1.82, 2.24) is 9.55 Å². The quantitative estimate of drug-likeness (QED) is 0.431. The predicted molar refractivity (Wildman–Crippen MR) is 102 cm³/mol. The molecule has 0 bridgehead atoms. The van der Waals surface area contributed by atoms with Gasteiger partial charge in [0, 0.05) is 33.2 Å². The van der Waals surface area contributed by atoms with Gasteiger partial charge in [0.2, 0.25) is 0 Å². The fourth-order valence-electron chi connectivity index (χ4n) is 3.39. The standard InChI is InChI=1S/C19H12ClF3N2O2S/c1-2-12-15(9-5-8(20)3-4-13(9)25(12)7-14(26)27)19-24-17-16(23)10(21)6-11(22)18(17)28-19/h3-6H,2,7H2,1H3,(H,26,27). The van der Waals surface area contributed by atoms with Crippen molar-refractivity contribution < 1.29 is 23.1 Å². The van der Waals surface area contributed by atoms with Crippen LogP contribution in [-0.2, 0) is 17.8 Å². The Hall–Kier alpha value is -2.58. The first-order chi connectivity index (χ1) is 13.3. The highest BCUT2D eigenvalue weighted by molar-refractivity contribution is 7.21. The lowest BCUT2D eigenvalue weighted by molar-refractivity contribution is -0.137. The number of hydrogen-bond acceptors (Lipinski definition) is 3. The van der Waals surface area contributed by atoms with Gasteiger partial charge >= 0.3 is 5.97 Å². The summed E-state index contributed by atoms with van der Waals surface area (Å²) in [5.74, 6) is -4.46. The van der Waals surface area contributed by atoms with Gasteiger partial charge in [-0.25, -0.2) is 18.2 Å². The van der Waals surface area contributed by atoms with Gasteiger partial charge in [-0.3, -0.25) is 4.79 Å². The van der Waals surface area contributed by atoms with Crippen LogP contribution >= 0.6 is 22.9 Å². The van der Waals surface area contributed by atoms with Gasteiger partial charge in [-0.1, -0.05) is 18.5 Å².